The Labute approximate surface area is 493 Å². The summed E-state index contributed by atoms with van der Waals surface area (Å²) < 4.78 is 19.9. The van der Waals surface area contributed by atoms with Gasteiger partial charge >= 0.3 is 0 Å². The molecule has 2 aromatic carbocycles. The number of β-amino-alcohol motifs (C(OH)–C–C–N with tert-alkyl or cyclic N) is 1. The number of hydrogen-bond acceptors (Lipinski definition) is 18. The number of benzene rings is 2. The van der Waals surface area contributed by atoms with Crippen molar-refractivity contribution in [3.63, 3.8) is 0 Å². The number of carbonyl (C=O) groups is 4. The average Bonchev–Trinajstić information content (AvgIpc) is 2.26. The number of anilines is 3. The van der Waals surface area contributed by atoms with E-state index in [1.54, 1.807) is 54.1 Å². The number of pyridine rings is 1. The van der Waals surface area contributed by atoms with Crippen molar-refractivity contribution >= 4 is 63.3 Å². The number of nitrogens with one attached hydrogen (secondary N) is 4. The number of allylic oxidation sites excluding steroid dienone is 1. The van der Waals surface area contributed by atoms with E-state index in [1.165, 1.54) is 15.8 Å². The molecule has 0 bridgehead atoms. The van der Waals surface area contributed by atoms with Crippen molar-refractivity contribution in [3.8, 4) is 16.3 Å². The first-order chi connectivity index (χ1) is 40.3. The summed E-state index contributed by atoms with van der Waals surface area (Å²) in [5.74, 6) is -0.629. The standard InChI is InChI=1S/C60H79N13O10S/c1-8-23-72-56(78)46-36-63-58(68-54(46)73(72)49-12-9-11-48(66-49)60(6,7)80)65-43-18-20-44(21-19-43)70-27-25-69(26-28-70)24-10-13-50(75)61-22-29-81-30-31-82-32-33-83-38-51(76)67-53(59(3,4)5)57(79)71-37-45(74)34-47(71)55(77)62-35-41-14-16-42(17-15-41)52-40(2)64-39-84-52/h8-9,11-12,14-21,36,39,45,47,53,74,80H,1,10,13,22-35,37-38H2,2-7H3,(H,61,75)(H,62,77)(H,67,76)(H,63,65,68)/t45-,47+,53-/m1/s1. The van der Waals surface area contributed by atoms with E-state index in [9.17, 15) is 34.2 Å². The quantitative estimate of drug-likeness (QED) is 0.0293. The van der Waals surface area contributed by atoms with Crippen LogP contribution in [-0.4, -0.2) is 177 Å². The predicted octanol–water partition coefficient (Wildman–Crippen LogP) is 4.44. The Kier molecular flexibility index (Phi) is 21.5. The first-order valence-electron chi connectivity index (χ1n) is 28.5. The van der Waals surface area contributed by atoms with Gasteiger partial charge in [0.1, 0.15) is 29.7 Å². The molecule has 450 valence electrons. The summed E-state index contributed by atoms with van der Waals surface area (Å²) in [6.07, 6.45) is 3.49. The lowest BCUT2D eigenvalue weighted by Crippen LogP contribution is -2.58. The zero-order chi connectivity index (χ0) is 60.0. The summed E-state index contributed by atoms with van der Waals surface area (Å²) >= 11 is 1.57. The largest absolute Gasteiger partial charge is 0.391 e. The lowest BCUT2D eigenvalue weighted by atomic mass is 9.85. The molecule has 2 aliphatic heterocycles. The van der Waals surface area contributed by atoms with Gasteiger partial charge in [0.05, 0.1) is 67.5 Å². The Morgan fingerprint density at radius 1 is 0.869 bits per heavy atom. The highest BCUT2D eigenvalue weighted by molar-refractivity contribution is 7.13. The van der Waals surface area contributed by atoms with Crippen molar-refractivity contribution in [1.82, 2.24) is 55.0 Å². The number of fused-ring (bicyclic) bond motifs is 1. The molecule has 6 heterocycles. The maximum Gasteiger partial charge on any atom is 0.278 e. The van der Waals surface area contributed by atoms with E-state index >= 15 is 0 Å². The number of nitrogens with zero attached hydrogens (tertiary/aromatic N) is 9. The molecule has 6 N–H and O–H groups in total. The molecule has 6 aromatic rings. The Morgan fingerprint density at radius 2 is 1.58 bits per heavy atom. The van der Waals surface area contributed by atoms with Gasteiger partial charge in [-0.3, -0.25) is 28.9 Å². The number of piperazine rings is 1. The van der Waals surface area contributed by atoms with Gasteiger partial charge in [-0.25, -0.2) is 24.3 Å². The van der Waals surface area contributed by atoms with Crippen LogP contribution in [0.5, 0.6) is 0 Å². The van der Waals surface area contributed by atoms with Gasteiger partial charge < -0.3 is 55.5 Å². The van der Waals surface area contributed by atoms with Gasteiger partial charge in [0.25, 0.3) is 5.56 Å². The monoisotopic (exact) mass is 1170 g/mol. The van der Waals surface area contributed by atoms with E-state index in [0.717, 1.165) is 72.2 Å². The molecule has 84 heavy (non-hydrogen) atoms. The minimum Gasteiger partial charge on any atom is -0.391 e. The smallest absolute Gasteiger partial charge is 0.278 e. The fourth-order valence-electron chi connectivity index (χ4n) is 10.0. The minimum absolute atomic E-state index is 0.0279. The molecule has 4 aromatic heterocycles. The molecule has 4 amide bonds. The van der Waals surface area contributed by atoms with Crippen molar-refractivity contribution in [2.75, 3.05) is 95.7 Å². The number of ether oxygens (including phenoxy) is 3. The van der Waals surface area contributed by atoms with Crippen LogP contribution in [-0.2, 0) is 52.1 Å². The summed E-state index contributed by atoms with van der Waals surface area (Å²) in [5.41, 5.74) is 5.19. The molecule has 3 atom stereocenters. The van der Waals surface area contributed by atoms with Crippen molar-refractivity contribution in [2.45, 2.75) is 97.7 Å². The molecule has 0 radical (unpaired) electrons. The zero-order valence-corrected chi connectivity index (χ0v) is 49.7. The van der Waals surface area contributed by atoms with Crippen LogP contribution in [0.2, 0.25) is 0 Å². The van der Waals surface area contributed by atoms with Gasteiger partial charge in [-0.15, -0.1) is 17.9 Å². The van der Waals surface area contributed by atoms with Gasteiger partial charge in [-0.1, -0.05) is 57.2 Å². The van der Waals surface area contributed by atoms with Gasteiger partial charge in [0.2, 0.25) is 29.6 Å². The highest BCUT2D eigenvalue weighted by atomic mass is 32.1. The maximum atomic E-state index is 14.0. The molecule has 2 aliphatic rings. The zero-order valence-electron chi connectivity index (χ0n) is 48.8. The van der Waals surface area contributed by atoms with Crippen LogP contribution in [0.4, 0.5) is 17.3 Å². The number of rotatable bonds is 28. The summed E-state index contributed by atoms with van der Waals surface area (Å²) in [6.45, 7) is 20.6. The molecule has 0 aliphatic carbocycles. The summed E-state index contributed by atoms with van der Waals surface area (Å²) in [5, 5.41) is 33.4. The second kappa shape index (κ2) is 28.9. The molecular weight excluding hydrogens is 1090 g/mol. The maximum absolute atomic E-state index is 14.0. The van der Waals surface area contributed by atoms with Crippen LogP contribution in [0.25, 0.3) is 27.3 Å². The molecule has 8 rings (SSSR count). The Bertz CT molecular complexity index is 3250. The second-order valence-electron chi connectivity index (χ2n) is 22.5. The number of likely N-dealkylation sites (tertiary alicyclic amines) is 1. The number of carbonyl (C=O) groups excluding carboxylic acids is 4. The fourth-order valence-corrected chi connectivity index (χ4v) is 10.8. The van der Waals surface area contributed by atoms with Gasteiger partial charge in [0, 0.05) is 76.2 Å². The lowest BCUT2D eigenvalue weighted by molar-refractivity contribution is -0.144. The summed E-state index contributed by atoms with van der Waals surface area (Å²) in [4.78, 5) is 91.7. The number of aromatic nitrogens is 6. The molecule has 0 spiro atoms. The lowest BCUT2D eigenvalue weighted by Gasteiger charge is -2.36. The Hall–Kier alpha value is -7.45. The van der Waals surface area contributed by atoms with Crippen molar-refractivity contribution in [1.29, 1.82) is 0 Å². The number of amides is 4. The van der Waals surface area contributed by atoms with Gasteiger partial charge in [0.15, 0.2) is 11.5 Å². The van der Waals surface area contributed by atoms with Crippen molar-refractivity contribution in [3.05, 3.63) is 118 Å². The summed E-state index contributed by atoms with van der Waals surface area (Å²) in [6, 6.07) is 19.3. The van der Waals surface area contributed by atoms with E-state index in [-0.39, 0.29) is 63.2 Å². The first kappa shape index (κ1) is 62.6. The van der Waals surface area contributed by atoms with E-state index in [0.29, 0.717) is 61.3 Å². The predicted molar refractivity (Wildman–Crippen MR) is 321 cm³/mol. The normalized spacial score (nSPS) is 16.2. The third-order valence-electron chi connectivity index (χ3n) is 14.6. The molecular formula is C60H79N13O10S. The van der Waals surface area contributed by atoms with Crippen LogP contribution < -0.4 is 31.7 Å². The van der Waals surface area contributed by atoms with Gasteiger partial charge in [-0.2, -0.15) is 4.98 Å². The molecule has 23 nitrogen and oxygen atoms in total. The van der Waals surface area contributed by atoms with Crippen LogP contribution in [0.15, 0.2) is 95.9 Å². The van der Waals surface area contributed by atoms with Crippen LogP contribution >= 0.6 is 11.3 Å². The van der Waals surface area contributed by atoms with Gasteiger partial charge in [-0.05, 0) is 86.7 Å². The second-order valence-corrected chi connectivity index (χ2v) is 23.4. The fraction of sp³-hybridized carbons (Fsp3) is 0.483. The van der Waals surface area contributed by atoms with Crippen LogP contribution in [0.1, 0.15) is 70.8 Å². The third kappa shape index (κ3) is 16.7. The molecule has 24 heteroatoms. The molecule has 2 saturated heterocycles. The van der Waals surface area contributed by atoms with Crippen LogP contribution in [0.3, 0.4) is 0 Å². The number of aliphatic hydroxyl groups is 2. The average molecular weight is 1170 g/mol. The first-order valence-corrected chi connectivity index (χ1v) is 29.3. The van der Waals surface area contributed by atoms with Crippen LogP contribution in [0, 0.1) is 12.3 Å². The highest BCUT2D eigenvalue weighted by Gasteiger charge is 2.44. The van der Waals surface area contributed by atoms with E-state index in [1.807, 2.05) is 69.6 Å². The topological polar surface area (TPSA) is 273 Å². The van der Waals surface area contributed by atoms with Crippen molar-refractivity contribution in [2.24, 2.45) is 5.41 Å². The van der Waals surface area contributed by atoms with E-state index in [2.05, 4.69) is 64.7 Å². The van der Waals surface area contributed by atoms with Crippen molar-refractivity contribution < 1.29 is 43.6 Å². The van der Waals surface area contributed by atoms with E-state index in [4.69, 9.17) is 19.2 Å². The number of hydrogen-bond donors (Lipinski definition) is 6. The van der Waals surface area contributed by atoms with E-state index < -0.39 is 41.0 Å². The SMILES string of the molecule is C=CCn1c(=O)c2cnc(Nc3ccc(N4CCN(CCCC(=O)NCCOCCOCCOCC(=O)N[C@H](C(=O)N5C[C@H](O)C[C@H]5C(=O)NCc5ccc(-c6scnc6C)cc5)C(C)(C)C)CC4)cc3)nc2n1-c1cccc(C(C)(C)O)n1. The Morgan fingerprint density at radius 3 is 2.26 bits per heavy atom. The Balaban J connectivity index is 0.657. The molecule has 2 fully saturated rings. The molecule has 0 unspecified atom stereocenters. The number of aryl methyl sites for hydroxylation is 1. The third-order valence-corrected chi connectivity index (χ3v) is 15.5. The highest BCUT2D eigenvalue weighted by Crippen LogP contribution is 2.29. The molecule has 0 saturated carbocycles. The summed E-state index contributed by atoms with van der Waals surface area (Å²) in [7, 11) is 0. The number of thiazole rings is 1. The number of aliphatic hydroxyl groups excluding tert-OH is 1. The minimum atomic E-state index is -1.19.